The van der Waals surface area contributed by atoms with Crippen LogP contribution < -0.4 is 10.2 Å². The van der Waals surface area contributed by atoms with Gasteiger partial charge in [-0.15, -0.1) is 0 Å². The Balaban J connectivity index is 4.37. The highest BCUT2D eigenvalue weighted by atomic mass is 31.2. The van der Waals surface area contributed by atoms with Gasteiger partial charge in [-0.05, 0) is 44.9 Å². The van der Waals surface area contributed by atoms with Crippen LogP contribution in [0.25, 0.3) is 0 Å². The number of quaternary nitrogens is 1. The van der Waals surface area contributed by atoms with Crippen molar-refractivity contribution in [3.63, 3.8) is 0 Å². The minimum Gasteiger partial charge on any atom is -0.756 e. The lowest BCUT2D eigenvalue weighted by Gasteiger charge is -2.29. The third-order valence-corrected chi connectivity index (χ3v) is 10.6. The van der Waals surface area contributed by atoms with E-state index in [1.807, 2.05) is 27.2 Å². The Morgan fingerprint density at radius 3 is 1.50 bits per heavy atom. The smallest absolute Gasteiger partial charge is 0.268 e. The van der Waals surface area contributed by atoms with Crippen LogP contribution in [-0.4, -0.2) is 68.5 Å². The molecule has 0 aliphatic carbocycles. The van der Waals surface area contributed by atoms with Crippen molar-refractivity contribution in [2.75, 3.05) is 40.9 Å². The van der Waals surface area contributed by atoms with E-state index < -0.39 is 20.0 Å². The highest BCUT2D eigenvalue weighted by Crippen LogP contribution is 2.38. The van der Waals surface area contributed by atoms with Gasteiger partial charge in [0.05, 0.1) is 39.9 Å². The molecule has 0 radical (unpaired) electrons. The van der Waals surface area contributed by atoms with E-state index >= 15 is 0 Å². The van der Waals surface area contributed by atoms with Gasteiger partial charge in [-0.3, -0.25) is 9.36 Å². The van der Waals surface area contributed by atoms with Gasteiger partial charge in [0.1, 0.15) is 13.2 Å². The minimum atomic E-state index is -4.58. The zero-order valence-corrected chi connectivity index (χ0v) is 35.7. The zero-order chi connectivity index (χ0) is 38.6. The molecule has 8 nitrogen and oxygen atoms in total. The summed E-state index contributed by atoms with van der Waals surface area (Å²) in [5.74, 6) is -0.203. The summed E-state index contributed by atoms with van der Waals surface area (Å²) in [5.41, 5.74) is 0. The largest absolute Gasteiger partial charge is 0.756 e. The van der Waals surface area contributed by atoms with Crippen LogP contribution >= 0.6 is 7.82 Å². The number of hydrogen-bond acceptors (Lipinski definition) is 6. The van der Waals surface area contributed by atoms with Gasteiger partial charge in [-0.1, -0.05) is 167 Å². The lowest BCUT2D eigenvalue weighted by Crippen LogP contribution is -2.45. The van der Waals surface area contributed by atoms with Crippen molar-refractivity contribution in [2.45, 2.75) is 206 Å². The summed E-state index contributed by atoms with van der Waals surface area (Å²) in [7, 11) is 1.26. The number of allylic oxidation sites excluding steroid dienone is 3. The molecule has 3 atom stereocenters. The summed E-state index contributed by atoms with van der Waals surface area (Å²) in [4.78, 5) is 25.2. The fourth-order valence-corrected chi connectivity index (χ4v) is 6.87. The molecule has 9 heteroatoms. The van der Waals surface area contributed by atoms with E-state index in [-0.39, 0.29) is 19.1 Å². The van der Waals surface area contributed by atoms with Crippen molar-refractivity contribution >= 4 is 13.7 Å². The Morgan fingerprint density at radius 1 is 0.654 bits per heavy atom. The first-order chi connectivity index (χ1) is 25.0. The number of nitrogens with one attached hydrogen (secondary N) is 1. The van der Waals surface area contributed by atoms with E-state index in [1.54, 1.807) is 6.08 Å². The van der Waals surface area contributed by atoms with Gasteiger partial charge in [0.15, 0.2) is 0 Å². The number of carbonyl (C=O) groups excluding carboxylic acids is 1. The van der Waals surface area contributed by atoms with E-state index in [0.29, 0.717) is 17.4 Å². The van der Waals surface area contributed by atoms with Gasteiger partial charge in [0.2, 0.25) is 5.91 Å². The molecule has 308 valence electrons. The van der Waals surface area contributed by atoms with Crippen LogP contribution in [0.4, 0.5) is 0 Å². The average molecular weight is 757 g/mol. The van der Waals surface area contributed by atoms with E-state index in [1.165, 1.54) is 135 Å². The SMILES string of the molecule is CCCCCCCCCC/C=C\CCCCCCCCCC(=O)NC(COP(=O)([O-])OCC[N+](C)(C)C)C(O)/C=C/CCCCCCCCCCC. The van der Waals surface area contributed by atoms with Crippen molar-refractivity contribution in [1.82, 2.24) is 5.32 Å². The van der Waals surface area contributed by atoms with E-state index in [0.717, 1.165) is 38.5 Å². The lowest BCUT2D eigenvalue weighted by atomic mass is 10.1. The van der Waals surface area contributed by atoms with Crippen LogP contribution in [0.2, 0.25) is 0 Å². The maximum absolute atomic E-state index is 12.8. The number of rotatable bonds is 39. The summed E-state index contributed by atoms with van der Waals surface area (Å²) < 4.78 is 23.1. The molecule has 0 bridgehead atoms. The molecule has 1 amide bonds. The molecule has 0 aromatic heterocycles. The molecule has 0 rings (SSSR count). The molecular weight excluding hydrogens is 671 g/mol. The fraction of sp³-hybridized carbons (Fsp3) is 0.884. The van der Waals surface area contributed by atoms with E-state index in [4.69, 9.17) is 9.05 Å². The fourth-order valence-electron chi connectivity index (χ4n) is 6.15. The second kappa shape index (κ2) is 35.7. The van der Waals surface area contributed by atoms with Gasteiger partial charge in [-0.25, -0.2) is 0 Å². The van der Waals surface area contributed by atoms with Crippen LogP contribution in [0.15, 0.2) is 24.3 Å². The number of unbranched alkanes of at least 4 members (excludes halogenated alkanes) is 24. The third kappa shape index (κ3) is 37.3. The first-order valence-electron chi connectivity index (χ1n) is 21.7. The third-order valence-electron chi connectivity index (χ3n) is 9.66. The average Bonchev–Trinajstić information content (AvgIpc) is 3.09. The van der Waals surface area contributed by atoms with E-state index in [9.17, 15) is 19.4 Å². The molecule has 2 N–H and O–H groups in total. The van der Waals surface area contributed by atoms with Gasteiger partial charge >= 0.3 is 0 Å². The number of amides is 1. The number of hydrogen-bond donors (Lipinski definition) is 2. The molecular formula is C43H85N2O6P. The Kier molecular flexibility index (Phi) is 35.0. The second-order valence-electron chi connectivity index (χ2n) is 16.0. The van der Waals surface area contributed by atoms with Crippen LogP contribution in [0.3, 0.4) is 0 Å². The maximum Gasteiger partial charge on any atom is 0.268 e. The van der Waals surface area contributed by atoms with Crippen molar-refractivity contribution < 1.29 is 32.9 Å². The number of carbonyl (C=O) groups is 1. The number of aliphatic hydroxyl groups excluding tert-OH is 1. The van der Waals surface area contributed by atoms with Crippen LogP contribution in [0, 0.1) is 0 Å². The standard InChI is InChI=1S/C43H85N2O6P/c1-6-8-10-12-14-16-18-19-20-21-22-23-24-25-27-29-31-33-35-37-43(47)44-41(40-51-52(48,49)50-39-38-45(3,4)5)42(46)36-34-32-30-28-26-17-15-13-11-9-7-2/h21-22,34,36,41-42,46H,6-20,23-33,35,37-40H2,1-5H3,(H-,44,47,48,49)/b22-21-,36-34+. The van der Waals surface area contributed by atoms with Crippen LogP contribution in [-0.2, 0) is 18.4 Å². The van der Waals surface area contributed by atoms with Crippen LogP contribution in [0.5, 0.6) is 0 Å². The summed E-state index contributed by atoms with van der Waals surface area (Å²) in [6.07, 6.45) is 40.8. The van der Waals surface area contributed by atoms with Crippen molar-refractivity contribution in [3.8, 4) is 0 Å². The monoisotopic (exact) mass is 757 g/mol. The molecule has 0 aliphatic heterocycles. The summed E-state index contributed by atoms with van der Waals surface area (Å²) in [5, 5.41) is 13.7. The first-order valence-corrected chi connectivity index (χ1v) is 23.2. The molecule has 3 unspecified atom stereocenters. The Hall–Kier alpha value is -1.02. The first kappa shape index (κ1) is 51.0. The van der Waals surface area contributed by atoms with Gasteiger partial charge in [0, 0.05) is 6.42 Å². The topological polar surface area (TPSA) is 108 Å². The molecule has 52 heavy (non-hydrogen) atoms. The molecule has 0 saturated heterocycles. The van der Waals surface area contributed by atoms with Gasteiger partial charge in [0.25, 0.3) is 7.82 Å². The van der Waals surface area contributed by atoms with Crippen molar-refractivity contribution in [3.05, 3.63) is 24.3 Å². The predicted octanol–water partition coefficient (Wildman–Crippen LogP) is 11.1. The van der Waals surface area contributed by atoms with Crippen molar-refractivity contribution in [2.24, 2.45) is 0 Å². The van der Waals surface area contributed by atoms with Gasteiger partial charge in [-0.2, -0.15) is 0 Å². The predicted molar refractivity (Wildman–Crippen MR) is 219 cm³/mol. The minimum absolute atomic E-state index is 0.00104. The molecule has 0 aromatic carbocycles. The zero-order valence-electron chi connectivity index (χ0n) is 34.8. The normalized spacial score (nSPS) is 14.7. The van der Waals surface area contributed by atoms with Crippen molar-refractivity contribution in [1.29, 1.82) is 0 Å². The number of aliphatic hydroxyl groups is 1. The maximum atomic E-state index is 12.8. The number of phosphoric ester groups is 1. The second-order valence-corrected chi connectivity index (χ2v) is 17.5. The molecule has 0 fully saturated rings. The summed E-state index contributed by atoms with van der Waals surface area (Å²) in [6, 6.07) is -0.884. The summed E-state index contributed by atoms with van der Waals surface area (Å²) in [6.45, 7) is 4.62. The number of phosphoric acid groups is 1. The molecule has 0 saturated carbocycles. The molecule has 0 aliphatic rings. The highest BCUT2D eigenvalue weighted by Gasteiger charge is 2.23. The Bertz CT molecular complexity index is 907. The molecule has 0 spiro atoms. The Morgan fingerprint density at radius 2 is 1.06 bits per heavy atom. The number of likely N-dealkylation sites (N-methyl/N-ethyl adjacent to an activating group) is 1. The quantitative estimate of drug-likeness (QED) is 0.0280. The molecule has 0 aromatic rings. The van der Waals surface area contributed by atoms with Gasteiger partial charge < -0.3 is 28.8 Å². The highest BCUT2D eigenvalue weighted by molar-refractivity contribution is 7.45. The van der Waals surface area contributed by atoms with E-state index in [2.05, 4.69) is 31.3 Å². The summed E-state index contributed by atoms with van der Waals surface area (Å²) >= 11 is 0. The number of nitrogens with zero attached hydrogens (tertiary/aromatic N) is 1. The van der Waals surface area contributed by atoms with Crippen LogP contribution in [0.1, 0.15) is 194 Å². The lowest BCUT2D eigenvalue weighted by molar-refractivity contribution is -0.870. The Labute approximate surface area is 322 Å². The molecule has 0 heterocycles.